The number of nitrogens with one attached hydrogen (secondary N) is 2. The summed E-state index contributed by atoms with van der Waals surface area (Å²) in [6, 6.07) is 1.03. The molecule has 1 amide bonds. The highest BCUT2D eigenvalue weighted by Crippen LogP contribution is 2.43. The molecular weight excluding hydrogens is 240 g/mol. The highest BCUT2D eigenvalue weighted by Gasteiger charge is 2.53. The number of guanidine groups is 1. The number of hydrogen-bond donors (Lipinski definition) is 2. The highest BCUT2D eigenvalue weighted by atomic mass is 16.2. The average Bonchev–Trinajstić information content (AvgIpc) is 2.66. The number of carbonyl (C=O) groups excluding carboxylic acids is 1. The minimum Gasteiger partial charge on any atom is -0.351 e. The highest BCUT2D eigenvalue weighted by molar-refractivity contribution is 6.07. The normalized spacial score (nSPS) is 38.5. The fourth-order valence-electron chi connectivity index (χ4n) is 3.65. The molecule has 2 fully saturated rings. The molecule has 19 heavy (non-hydrogen) atoms. The molecule has 3 aliphatic heterocycles. The van der Waals surface area contributed by atoms with Crippen molar-refractivity contribution < 1.29 is 4.79 Å². The molecule has 2 unspecified atom stereocenters. The summed E-state index contributed by atoms with van der Waals surface area (Å²) in [7, 11) is 2.18. The maximum absolute atomic E-state index is 12.4. The van der Waals surface area contributed by atoms with Gasteiger partial charge in [0.15, 0.2) is 5.96 Å². The number of aliphatic imine (C=N–C) groups is 1. The first-order chi connectivity index (χ1) is 8.79. The number of hydrogen-bond acceptors (Lipinski definition) is 4. The fraction of sp³-hybridized carbons (Fsp3) is 0.857. The van der Waals surface area contributed by atoms with E-state index in [1.165, 1.54) is 12.8 Å². The van der Waals surface area contributed by atoms with Gasteiger partial charge in [-0.2, -0.15) is 0 Å². The molecule has 1 spiro atoms. The van der Waals surface area contributed by atoms with Crippen LogP contribution < -0.4 is 10.6 Å². The van der Waals surface area contributed by atoms with Crippen molar-refractivity contribution in [1.82, 2.24) is 15.5 Å². The van der Waals surface area contributed by atoms with Crippen molar-refractivity contribution in [2.75, 3.05) is 7.05 Å². The maximum atomic E-state index is 12.4. The summed E-state index contributed by atoms with van der Waals surface area (Å²) in [5.41, 5.74) is -0.589. The smallest absolute Gasteiger partial charge is 0.254 e. The first-order valence-corrected chi connectivity index (χ1v) is 7.21. The van der Waals surface area contributed by atoms with Crippen molar-refractivity contribution >= 4 is 11.9 Å². The summed E-state index contributed by atoms with van der Waals surface area (Å²) < 4.78 is 0. The summed E-state index contributed by atoms with van der Waals surface area (Å²) in [5.74, 6) is 0.741. The third-order valence-electron chi connectivity index (χ3n) is 4.61. The summed E-state index contributed by atoms with van der Waals surface area (Å²) >= 11 is 0. The van der Waals surface area contributed by atoms with Gasteiger partial charge in [0.2, 0.25) is 0 Å². The molecule has 106 valence electrons. The van der Waals surface area contributed by atoms with Gasteiger partial charge in [-0.3, -0.25) is 10.1 Å². The zero-order valence-electron chi connectivity index (χ0n) is 12.3. The lowest BCUT2D eigenvalue weighted by molar-refractivity contribution is -0.126. The van der Waals surface area contributed by atoms with Gasteiger partial charge >= 0.3 is 0 Å². The van der Waals surface area contributed by atoms with Gasteiger partial charge < -0.3 is 10.2 Å². The van der Waals surface area contributed by atoms with Crippen LogP contribution in [0.25, 0.3) is 0 Å². The second-order valence-electron chi connectivity index (χ2n) is 7.28. The third-order valence-corrected chi connectivity index (χ3v) is 4.61. The van der Waals surface area contributed by atoms with E-state index >= 15 is 0 Å². The first-order valence-electron chi connectivity index (χ1n) is 7.21. The lowest BCUT2D eigenvalue weighted by Crippen LogP contribution is -2.53. The molecule has 0 aromatic carbocycles. The minimum atomic E-state index is -0.508. The molecule has 0 radical (unpaired) electrons. The van der Waals surface area contributed by atoms with Gasteiger partial charge in [-0.25, -0.2) is 4.99 Å². The number of rotatable bonds is 0. The summed E-state index contributed by atoms with van der Waals surface area (Å²) in [4.78, 5) is 19.6. The maximum Gasteiger partial charge on any atom is 0.254 e. The van der Waals surface area contributed by atoms with Crippen LogP contribution in [-0.2, 0) is 4.79 Å². The van der Waals surface area contributed by atoms with Crippen LogP contribution in [0.1, 0.15) is 46.5 Å². The molecule has 0 saturated carbocycles. The Morgan fingerprint density at radius 1 is 1.32 bits per heavy atom. The fourth-order valence-corrected chi connectivity index (χ4v) is 3.65. The number of nitrogens with zero attached hydrogens (tertiary/aromatic N) is 2. The Morgan fingerprint density at radius 3 is 2.42 bits per heavy atom. The van der Waals surface area contributed by atoms with Crippen LogP contribution in [-0.4, -0.2) is 47.0 Å². The summed E-state index contributed by atoms with van der Waals surface area (Å²) in [5, 5.41) is 6.22. The number of amides is 1. The van der Waals surface area contributed by atoms with E-state index in [4.69, 9.17) is 4.99 Å². The van der Waals surface area contributed by atoms with Gasteiger partial charge in [0.25, 0.3) is 5.91 Å². The lowest BCUT2D eigenvalue weighted by Gasteiger charge is -2.39. The third kappa shape index (κ3) is 2.14. The summed E-state index contributed by atoms with van der Waals surface area (Å²) in [6.07, 6.45) is 4.13. The van der Waals surface area contributed by atoms with Gasteiger partial charge in [0.05, 0.1) is 0 Å². The van der Waals surface area contributed by atoms with E-state index in [-0.39, 0.29) is 11.4 Å². The van der Waals surface area contributed by atoms with Crippen LogP contribution in [0.15, 0.2) is 4.99 Å². The molecule has 5 nitrogen and oxygen atoms in total. The molecule has 5 heteroatoms. The second kappa shape index (κ2) is 3.95. The quantitative estimate of drug-likeness (QED) is 0.682. The Bertz CT molecular complexity index is 423. The first kappa shape index (κ1) is 12.9. The van der Waals surface area contributed by atoms with Crippen LogP contribution in [0.2, 0.25) is 0 Å². The van der Waals surface area contributed by atoms with E-state index in [1.807, 2.05) is 0 Å². The standard InChI is InChI=1S/C14H24N4O/c1-13(2,3)16-12-15-11(19)14(17-12)7-9-5-6-10(8-14)18(9)4/h9-10H,5-8H2,1-4H3,(H2,15,16,17,19). The Balaban J connectivity index is 1.83. The monoisotopic (exact) mass is 264 g/mol. The number of carbonyl (C=O) groups is 1. The second-order valence-corrected chi connectivity index (χ2v) is 7.28. The van der Waals surface area contributed by atoms with E-state index < -0.39 is 5.54 Å². The van der Waals surface area contributed by atoms with Crippen molar-refractivity contribution in [3.63, 3.8) is 0 Å². The van der Waals surface area contributed by atoms with Crippen LogP contribution in [0.3, 0.4) is 0 Å². The molecule has 3 aliphatic rings. The lowest BCUT2D eigenvalue weighted by atomic mass is 9.83. The molecule has 2 N–H and O–H groups in total. The molecule has 0 aliphatic carbocycles. The Kier molecular flexibility index (Phi) is 2.68. The number of fused-ring (bicyclic) bond motifs is 2. The molecule has 2 saturated heterocycles. The molecule has 0 aromatic heterocycles. The van der Waals surface area contributed by atoms with Crippen LogP contribution >= 0.6 is 0 Å². The van der Waals surface area contributed by atoms with Crippen molar-refractivity contribution in [1.29, 1.82) is 0 Å². The molecule has 3 rings (SSSR count). The Labute approximate surface area is 114 Å². The molecule has 0 aromatic rings. The molecule has 2 atom stereocenters. The van der Waals surface area contributed by atoms with E-state index in [1.54, 1.807) is 0 Å². The van der Waals surface area contributed by atoms with Crippen LogP contribution in [0.4, 0.5) is 0 Å². The minimum absolute atomic E-state index is 0.0813. The van der Waals surface area contributed by atoms with Crippen LogP contribution in [0.5, 0.6) is 0 Å². The van der Waals surface area contributed by atoms with Gasteiger partial charge in [-0.15, -0.1) is 0 Å². The van der Waals surface area contributed by atoms with Crippen molar-refractivity contribution in [3.8, 4) is 0 Å². The van der Waals surface area contributed by atoms with Gasteiger partial charge in [-0.05, 0) is 53.5 Å². The zero-order valence-corrected chi connectivity index (χ0v) is 12.3. The average molecular weight is 264 g/mol. The SMILES string of the molecule is CN1C2CCC1CC1(C2)N=C(NC(C)(C)C)NC1=O. The van der Waals surface area contributed by atoms with Crippen molar-refractivity contribution in [3.05, 3.63) is 0 Å². The number of piperidine rings is 1. The van der Waals surface area contributed by atoms with Gasteiger partial charge in [-0.1, -0.05) is 0 Å². The van der Waals surface area contributed by atoms with Gasteiger partial charge in [0, 0.05) is 17.6 Å². The largest absolute Gasteiger partial charge is 0.351 e. The van der Waals surface area contributed by atoms with E-state index in [0.29, 0.717) is 18.0 Å². The van der Waals surface area contributed by atoms with Gasteiger partial charge in [0.1, 0.15) is 5.54 Å². The van der Waals surface area contributed by atoms with E-state index in [2.05, 4.69) is 43.4 Å². The predicted molar refractivity (Wildman–Crippen MR) is 75.0 cm³/mol. The predicted octanol–water partition coefficient (Wildman–Crippen LogP) is 0.856. The molecule has 3 heterocycles. The van der Waals surface area contributed by atoms with Crippen LogP contribution in [0, 0.1) is 0 Å². The molecule has 2 bridgehead atoms. The topological polar surface area (TPSA) is 56.7 Å². The Morgan fingerprint density at radius 2 is 1.89 bits per heavy atom. The van der Waals surface area contributed by atoms with E-state index in [0.717, 1.165) is 12.8 Å². The Hall–Kier alpha value is -1.10. The zero-order chi connectivity index (χ0) is 13.8. The molecular formula is C14H24N4O. The van der Waals surface area contributed by atoms with Crippen molar-refractivity contribution in [2.45, 2.75) is 69.6 Å². The summed E-state index contributed by atoms with van der Waals surface area (Å²) in [6.45, 7) is 6.22. The van der Waals surface area contributed by atoms with Crippen molar-refractivity contribution in [2.24, 2.45) is 4.99 Å². The van der Waals surface area contributed by atoms with E-state index in [9.17, 15) is 4.79 Å².